The highest BCUT2D eigenvalue weighted by Gasteiger charge is 2.26. The van der Waals surface area contributed by atoms with Crippen LogP contribution in [-0.4, -0.2) is 25.1 Å². The second kappa shape index (κ2) is 5.74. The minimum absolute atomic E-state index is 0.118. The number of amides is 1. The van der Waals surface area contributed by atoms with E-state index in [1.807, 2.05) is 11.7 Å². The fourth-order valence-corrected chi connectivity index (χ4v) is 2.79. The molecule has 0 aliphatic heterocycles. The molecule has 1 fully saturated rings. The van der Waals surface area contributed by atoms with Crippen LogP contribution in [0.3, 0.4) is 0 Å². The molecule has 1 N–H and O–H groups in total. The van der Waals surface area contributed by atoms with Crippen LogP contribution in [0.1, 0.15) is 35.8 Å². The van der Waals surface area contributed by atoms with E-state index < -0.39 is 0 Å². The van der Waals surface area contributed by atoms with Crippen LogP contribution in [0.4, 0.5) is 4.39 Å². The number of halogens is 1. The number of imidazole rings is 1. The molecule has 0 atom stereocenters. The SMILES string of the molecule is Cn1nc(C2CC2)cc1CNC(=O)Cc1cn2cc(F)ccc2n1. The Hall–Kier alpha value is -2.70. The number of hydrogen-bond donors (Lipinski definition) is 1. The number of aryl methyl sites for hydroxylation is 1. The predicted molar refractivity (Wildman–Crippen MR) is 85.9 cm³/mol. The normalized spacial score (nSPS) is 14.2. The molecule has 3 heterocycles. The molecule has 0 aromatic carbocycles. The van der Waals surface area contributed by atoms with Crippen LogP contribution in [0, 0.1) is 5.82 Å². The lowest BCUT2D eigenvalue weighted by molar-refractivity contribution is -0.120. The zero-order chi connectivity index (χ0) is 16.7. The van der Waals surface area contributed by atoms with Gasteiger partial charge in [0.1, 0.15) is 11.5 Å². The third-order valence-electron chi connectivity index (χ3n) is 4.26. The second-order valence-corrected chi connectivity index (χ2v) is 6.26. The molecule has 3 aromatic heterocycles. The fraction of sp³-hybridized carbons (Fsp3) is 0.353. The number of carbonyl (C=O) groups excluding carboxylic acids is 1. The Labute approximate surface area is 138 Å². The molecule has 7 heteroatoms. The van der Waals surface area contributed by atoms with Gasteiger partial charge in [-0.3, -0.25) is 9.48 Å². The van der Waals surface area contributed by atoms with Crippen LogP contribution in [0.2, 0.25) is 0 Å². The van der Waals surface area contributed by atoms with Crippen molar-refractivity contribution >= 4 is 11.6 Å². The Morgan fingerprint density at radius 3 is 3.00 bits per heavy atom. The summed E-state index contributed by atoms with van der Waals surface area (Å²) in [6.45, 7) is 0.442. The Morgan fingerprint density at radius 2 is 2.21 bits per heavy atom. The van der Waals surface area contributed by atoms with Gasteiger partial charge in [0, 0.05) is 25.4 Å². The smallest absolute Gasteiger partial charge is 0.226 e. The summed E-state index contributed by atoms with van der Waals surface area (Å²) in [6, 6.07) is 5.00. The minimum atomic E-state index is -0.335. The Bertz CT molecular complexity index is 909. The summed E-state index contributed by atoms with van der Waals surface area (Å²) in [4.78, 5) is 16.4. The lowest BCUT2D eigenvalue weighted by atomic mass is 10.2. The van der Waals surface area contributed by atoms with Crippen LogP contribution >= 0.6 is 0 Å². The number of pyridine rings is 1. The van der Waals surface area contributed by atoms with Crippen molar-refractivity contribution in [3.63, 3.8) is 0 Å². The Balaban J connectivity index is 1.38. The quantitative estimate of drug-likeness (QED) is 0.779. The predicted octanol–water partition coefficient (Wildman–Crippen LogP) is 1.94. The molecule has 3 aromatic rings. The van der Waals surface area contributed by atoms with Gasteiger partial charge in [0.15, 0.2) is 0 Å². The summed E-state index contributed by atoms with van der Waals surface area (Å²) in [5.41, 5.74) is 3.34. The number of nitrogens with zero attached hydrogens (tertiary/aromatic N) is 4. The number of fused-ring (bicyclic) bond motifs is 1. The summed E-state index contributed by atoms with van der Waals surface area (Å²) < 4.78 is 16.6. The maximum Gasteiger partial charge on any atom is 0.226 e. The monoisotopic (exact) mass is 327 g/mol. The summed E-state index contributed by atoms with van der Waals surface area (Å²) >= 11 is 0. The average molecular weight is 327 g/mol. The molecule has 0 bridgehead atoms. The van der Waals surface area contributed by atoms with Crippen molar-refractivity contribution < 1.29 is 9.18 Å². The molecular formula is C17H18FN5O. The number of nitrogens with one attached hydrogen (secondary N) is 1. The third-order valence-corrected chi connectivity index (χ3v) is 4.26. The molecule has 1 aliphatic carbocycles. The molecule has 24 heavy (non-hydrogen) atoms. The van der Waals surface area contributed by atoms with Crippen molar-refractivity contribution in [2.24, 2.45) is 7.05 Å². The first-order valence-corrected chi connectivity index (χ1v) is 8.01. The van der Waals surface area contributed by atoms with Gasteiger partial charge in [0.25, 0.3) is 0 Å². The van der Waals surface area contributed by atoms with Crippen molar-refractivity contribution in [1.29, 1.82) is 0 Å². The number of rotatable bonds is 5. The van der Waals surface area contributed by atoms with Crippen molar-refractivity contribution in [2.75, 3.05) is 0 Å². The maximum atomic E-state index is 13.2. The van der Waals surface area contributed by atoms with E-state index in [9.17, 15) is 9.18 Å². The molecular weight excluding hydrogens is 309 g/mol. The molecule has 1 amide bonds. The fourth-order valence-electron chi connectivity index (χ4n) is 2.79. The van der Waals surface area contributed by atoms with Crippen molar-refractivity contribution in [2.45, 2.75) is 31.7 Å². The molecule has 0 unspecified atom stereocenters. The van der Waals surface area contributed by atoms with Gasteiger partial charge in [-0.25, -0.2) is 9.37 Å². The van der Waals surface area contributed by atoms with Gasteiger partial charge in [0.2, 0.25) is 5.91 Å². The van der Waals surface area contributed by atoms with Gasteiger partial charge in [-0.15, -0.1) is 0 Å². The van der Waals surface area contributed by atoms with Crippen LogP contribution in [-0.2, 0) is 24.8 Å². The van der Waals surface area contributed by atoms with E-state index in [1.165, 1.54) is 25.1 Å². The first kappa shape index (κ1) is 14.9. The van der Waals surface area contributed by atoms with Crippen LogP contribution < -0.4 is 5.32 Å². The van der Waals surface area contributed by atoms with Gasteiger partial charge in [0.05, 0.1) is 30.0 Å². The molecule has 4 rings (SSSR count). The molecule has 1 saturated carbocycles. The first-order chi connectivity index (χ1) is 11.6. The maximum absolute atomic E-state index is 13.2. The standard InChI is InChI=1S/C17H18FN5O/c1-22-14(7-15(21-22)11-2-3-11)8-19-17(24)6-13-10-23-9-12(18)4-5-16(23)20-13/h4-5,7,9-11H,2-3,6,8H2,1H3,(H,19,24). The molecule has 6 nitrogen and oxygen atoms in total. The lowest BCUT2D eigenvalue weighted by Crippen LogP contribution is -2.25. The van der Waals surface area contributed by atoms with Gasteiger partial charge in [-0.05, 0) is 31.0 Å². The zero-order valence-electron chi connectivity index (χ0n) is 13.4. The summed E-state index contributed by atoms with van der Waals surface area (Å²) in [7, 11) is 1.89. The van der Waals surface area contributed by atoms with E-state index in [0.717, 1.165) is 11.4 Å². The lowest BCUT2D eigenvalue weighted by Gasteiger charge is -2.04. The topological polar surface area (TPSA) is 64.2 Å². The van der Waals surface area contributed by atoms with E-state index in [0.29, 0.717) is 23.8 Å². The number of aromatic nitrogens is 4. The van der Waals surface area contributed by atoms with E-state index in [4.69, 9.17) is 0 Å². The van der Waals surface area contributed by atoms with Crippen LogP contribution in [0.5, 0.6) is 0 Å². The van der Waals surface area contributed by atoms with E-state index >= 15 is 0 Å². The van der Waals surface area contributed by atoms with Gasteiger partial charge in [-0.2, -0.15) is 5.10 Å². The second-order valence-electron chi connectivity index (χ2n) is 6.26. The first-order valence-electron chi connectivity index (χ1n) is 8.01. The number of hydrogen-bond acceptors (Lipinski definition) is 3. The van der Waals surface area contributed by atoms with Crippen molar-refractivity contribution in [1.82, 2.24) is 24.5 Å². The van der Waals surface area contributed by atoms with Gasteiger partial charge in [-0.1, -0.05) is 0 Å². The Morgan fingerprint density at radius 1 is 1.38 bits per heavy atom. The van der Waals surface area contributed by atoms with E-state index in [2.05, 4.69) is 21.5 Å². The minimum Gasteiger partial charge on any atom is -0.350 e. The van der Waals surface area contributed by atoms with E-state index in [1.54, 1.807) is 16.7 Å². The van der Waals surface area contributed by atoms with Crippen LogP contribution in [0.15, 0.2) is 30.6 Å². The zero-order valence-corrected chi connectivity index (χ0v) is 13.4. The summed E-state index contributed by atoms with van der Waals surface area (Å²) in [5.74, 6) is 0.144. The highest BCUT2D eigenvalue weighted by atomic mass is 19.1. The largest absolute Gasteiger partial charge is 0.350 e. The van der Waals surface area contributed by atoms with Crippen molar-refractivity contribution in [3.05, 3.63) is 53.5 Å². The highest BCUT2D eigenvalue weighted by molar-refractivity contribution is 5.78. The van der Waals surface area contributed by atoms with Gasteiger partial charge >= 0.3 is 0 Å². The molecule has 0 spiro atoms. The highest BCUT2D eigenvalue weighted by Crippen LogP contribution is 2.39. The summed E-state index contributed by atoms with van der Waals surface area (Å²) in [6.07, 6.45) is 5.59. The molecule has 124 valence electrons. The van der Waals surface area contributed by atoms with Gasteiger partial charge < -0.3 is 9.72 Å². The Kier molecular flexibility index (Phi) is 3.55. The molecule has 0 radical (unpaired) electrons. The van der Waals surface area contributed by atoms with Crippen LogP contribution in [0.25, 0.3) is 5.65 Å². The van der Waals surface area contributed by atoms with E-state index in [-0.39, 0.29) is 18.1 Å². The number of carbonyl (C=O) groups is 1. The van der Waals surface area contributed by atoms with Crippen molar-refractivity contribution in [3.8, 4) is 0 Å². The average Bonchev–Trinajstić information content (AvgIpc) is 3.22. The summed E-state index contributed by atoms with van der Waals surface area (Å²) in [5, 5.41) is 7.38. The molecule has 1 aliphatic rings. The third kappa shape index (κ3) is 3.02. The molecule has 0 saturated heterocycles.